The number of amides is 1. The second-order valence-corrected chi connectivity index (χ2v) is 7.28. The summed E-state index contributed by atoms with van der Waals surface area (Å²) < 4.78 is 10.3. The van der Waals surface area contributed by atoms with Gasteiger partial charge in [0.15, 0.2) is 5.60 Å². The quantitative estimate of drug-likeness (QED) is 0.603. The summed E-state index contributed by atoms with van der Waals surface area (Å²) in [5.74, 6) is -0.131. The van der Waals surface area contributed by atoms with Crippen LogP contribution in [0.2, 0.25) is 0 Å². The molecule has 1 amide bonds. The fourth-order valence-electron chi connectivity index (χ4n) is 2.96. The van der Waals surface area contributed by atoms with Crippen molar-refractivity contribution >= 4 is 17.6 Å². The number of benzene rings is 2. The molecule has 1 heterocycles. The van der Waals surface area contributed by atoms with E-state index >= 15 is 0 Å². The van der Waals surface area contributed by atoms with Gasteiger partial charge in [0.05, 0.1) is 18.5 Å². The second-order valence-electron chi connectivity index (χ2n) is 7.28. The minimum Gasteiger partial charge on any atom is -0.497 e. The van der Waals surface area contributed by atoms with E-state index in [9.17, 15) is 9.59 Å². The van der Waals surface area contributed by atoms with E-state index < -0.39 is 17.5 Å². The molecule has 3 rings (SSSR count). The molecule has 1 aromatic heterocycles. The van der Waals surface area contributed by atoms with Crippen LogP contribution in [0.4, 0.5) is 5.69 Å². The molecule has 0 bridgehead atoms. The molecule has 1 N–H and O–H groups in total. The number of carbonyl (C=O) groups is 2. The van der Waals surface area contributed by atoms with Crippen molar-refractivity contribution in [2.45, 2.75) is 26.4 Å². The van der Waals surface area contributed by atoms with Gasteiger partial charge in [-0.3, -0.25) is 9.59 Å². The Morgan fingerprint density at radius 3 is 2.17 bits per heavy atom. The molecule has 0 aliphatic carbocycles. The monoisotopic (exact) mass is 404 g/mol. The topological polar surface area (TPSA) is 77.5 Å². The number of rotatable bonds is 6. The maximum atomic E-state index is 12.5. The van der Waals surface area contributed by atoms with Crippen LogP contribution in [0.15, 0.2) is 66.7 Å². The fraction of sp³-hybridized carbons (Fsp3) is 0.208. The normalized spacial score (nSPS) is 10.9. The highest BCUT2D eigenvalue weighted by Crippen LogP contribution is 2.26. The van der Waals surface area contributed by atoms with Crippen LogP contribution < -0.4 is 10.1 Å². The second kappa shape index (κ2) is 8.78. The highest BCUT2D eigenvalue weighted by molar-refractivity contribution is 5.98. The Morgan fingerprint density at radius 2 is 1.53 bits per heavy atom. The van der Waals surface area contributed by atoms with E-state index in [0.717, 1.165) is 28.3 Å². The Bertz CT molecular complexity index is 1060. The Kier molecular flexibility index (Phi) is 6.16. The zero-order valence-corrected chi connectivity index (χ0v) is 17.4. The molecule has 0 unspecified atom stereocenters. The highest BCUT2D eigenvalue weighted by Gasteiger charge is 2.31. The summed E-state index contributed by atoms with van der Waals surface area (Å²) in [5.41, 5.74) is 2.77. The molecule has 3 aromatic rings. The van der Waals surface area contributed by atoms with E-state index in [2.05, 4.69) is 5.32 Å². The third kappa shape index (κ3) is 5.03. The number of pyridine rings is 1. The van der Waals surface area contributed by atoms with Gasteiger partial charge in [0.1, 0.15) is 5.75 Å². The first-order chi connectivity index (χ1) is 14.3. The molecule has 6 nitrogen and oxygen atoms in total. The van der Waals surface area contributed by atoms with Crippen LogP contribution in [0.3, 0.4) is 0 Å². The van der Waals surface area contributed by atoms with Crippen molar-refractivity contribution in [3.8, 4) is 28.3 Å². The lowest BCUT2D eigenvalue weighted by molar-refractivity contribution is -0.160. The number of hydrogen-bond acceptors (Lipinski definition) is 5. The molecular weight excluding hydrogens is 380 g/mol. The molecule has 0 atom stereocenters. The molecule has 154 valence electrons. The van der Waals surface area contributed by atoms with Crippen molar-refractivity contribution in [2.75, 3.05) is 12.4 Å². The number of carbonyl (C=O) groups excluding carboxylic acids is 2. The van der Waals surface area contributed by atoms with Gasteiger partial charge in [-0.2, -0.15) is 0 Å². The van der Waals surface area contributed by atoms with E-state index in [1.807, 2.05) is 60.7 Å². The van der Waals surface area contributed by atoms with Gasteiger partial charge in [0.2, 0.25) is 0 Å². The summed E-state index contributed by atoms with van der Waals surface area (Å²) in [6.07, 6.45) is 0. The van der Waals surface area contributed by atoms with Crippen LogP contribution in [0, 0.1) is 0 Å². The van der Waals surface area contributed by atoms with E-state index in [4.69, 9.17) is 14.5 Å². The predicted molar refractivity (Wildman–Crippen MR) is 116 cm³/mol. The molecule has 0 aliphatic heterocycles. The number of nitrogens with zero attached hydrogens (tertiary/aromatic N) is 1. The Labute approximate surface area is 175 Å². The number of anilines is 1. The smallest absolute Gasteiger partial charge is 0.303 e. The fourth-order valence-corrected chi connectivity index (χ4v) is 2.96. The lowest BCUT2D eigenvalue weighted by atomic mass is 10.1. The van der Waals surface area contributed by atoms with Crippen molar-refractivity contribution in [2.24, 2.45) is 0 Å². The van der Waals surface area contributed by atoms with E-state index in [-0.39, 0.29) is 0 Å². The summed E-state index contributed by atoms with van der Waals surface area (Å²) >= 11 is 0. The average molecular weight is 404 g/mol. The van der Waals surface area contributed by atoms with E-state index in [0.29, 0.717) is 5.69 Å². The molecule has 0 aliphatic rings. The number of esters is 1. The van der Waals surface area contributed by atoms with Crippen molar-refractivity contribution in [1.29, 1.82) is 0 Å². The third-order valence-electron chi connectivity index (χ3n) is 4.50. The van der Waals surface area contributed by atoms with Gasteiger partial charge in [-0.25, -0.2) is 4.98 Å². The van der Waals surface area contributed by atoms with Gasteiger partial charge in [0, 0.05) is 23.7 Å². The first-order valence-corrected chi connectivity index (χ1v) is 9.51. The summed E-state index contributed by atoms with van der Waals surface area (Å²) in [5, 5.41) is 2.80. The molecule has 30 heavy (non-hydrogen) atoms. The molecule has 0 saturated heterocycles. The van der Waals surface area contributed by atoms with Crippen molar-refractivity contribution in [3.05, 3.63) is 66.7 Å². The molecule has 0 radical (unpaired) electrons. The van der Waals surface area contributed by atoms with Crippen LogP contribution in [0.5, 0.6) is 5.75 Å². The maximum Gasteiger partial charge on any atom is 0.303 e. The summed E-state index contributed by atoms with van der Waals surface area (Å²) in [4.78, 5) is 28.5. The first kappa shape index (κ1) is 21.0. The SMILES string of the molecule is COc1ccc(-c2cccc(-c3cccc(NC(=O)C(C)(C)OC(C)=O)c3)n2)cc1. The molecular formula is C24H24N2O4. The van der Waals surface area contributed by atoms with Gasteiger partial charge in [0.25, 0.3) is 5.91 Å². The number of methoxy groups -OCH3 is 1. The number of aromatic nitrogens is 1. The van der Waals surface area contributed by atoms with Crippen molar-refractivity contribution in [1.82, 2.24) is 4.98 Å². The van der Waals surface area contributed by atoms with Gasteiger partial charge >= 0.3 is 5.97 Å². The van der Waals surface area contributed by atoms with E-state index in [1.54, 1.807) is 27.0 Å². The highest BCUT2D eigenvalue weighted by atomic mass is 16.6. The summed E-state index contributed by atoms with van der Waals surface area (Å²) in [6, 6.07) is 20.9. The lowest BCUT2D eigenvalue weighted by Gasteiger charge is -2.23. The predicted octanol–water partition coefficient (Wildman–Crippen LogP) is 4.70. The molecule has 0 fully saturated rings. The Morgan fingerprint density at radius 1 is 0.900 bits per heavy atom. The van der Waals surface area contributed by atoms with E-state index in [1.165, 1.54) is 6.92 Å². The molecule has 0 saturated carbocycles. The van der Waals surface area contributed by atoms with Crippen LogP contribution >= 0.6 is 0 Å². The van der Waals surface area contributed by atoms with Crippen molar-refractivity contribution in [3.63, 3.8) is 0 Å². The molecule has 2 aromatic carbocycles. The maximum absolute atomic E-state index is 12.5. The van der Waals surface area contributed by atoms with Crippen LogP contribution in [0.25, 0.3) is 22.5 Å². The zero-order chi connectivity index (χ0) is 21.7. The standard InChI is InChI=1S/C24H24N2O4/c1-16(27)30-24(2,3)23(28)25-19-8-5-7-18(15-19)22-10-6-9-21(26-22)17-11-13-20(29-4)14-12-17/h5-15H,1-4H3,(H,25,28). The largest absolute Gasteiger partial charge is 0.497 e. The molecule has 6 heteroatoms. The van der Waals surface area contributed by atoms with Gasteiger partial charge < -0.3 is 14.8 Å². The number of nitrogens with one attached hydrogen (secondary N) is 1. The zero-order valence-electron chi connectivity index (χ0n) is 17.4. The van der Waals surface area contributed by atoms with Crippen LogP contribution in [-0.2, 0) is 14.3 Å². The average Bonchev–Trinajstić information content (AvgIpc) is 2.73. The van der Waals surface area contributed by atoms with Gasteiger partial charge in [-0.05, 0) is 62.4 Å². The summed E-state index contributed by atoms with van der Waals surface area (Å²) in [7, 11) is 1.63. The third-order valence-corrected chi connectivity index (χ3v) is 4.50. The Hall–Kier alpha value is -3.67. The Balaban J connectivity index is 1.83. The van der Waals surface area contributed by atoms with Gasteiger partial charge in [-0.15, -0.1) is 0 Å². The minimum absolute atomic E-state index is 0.408. The minimum atomic E-state index is -1.27. The van der Waals surface area contributed by atoms with Crippen molar-refractivity contribution < 1.29 is 19.1 Å². The number of hydrogen-bond donors (Lipinski definition) is 1. The summed E-state index contributed by atoms with van der Waals surface area (Å²) in [6.45, 7) is 4.37. The van der Waals surface area contributed by atoms with Crippen LogP contribution in [0.1, 0.15) is 20.8 Å². The van der Waals surface area contributed by atoms with Crippen LogP contribution in [-0.4, -0.2) is 29.6 Å². The lowest BCUT2D eigenvalue weighted by Crippen LogP contribution is -2.41. The first-order valence-electron chi connectivity index (χ1n) is 9.51. The molecule has 0 spiro atoms. The van der Waals surface area contributed by atoms with Gasteiger partial charge in [-0.1, -0.05) is 18.2 Å². The number of ether oxygens (including phenoxy) is 2.